The number of methoxy groups -OCH3 is 1. The van der Waals surface area contributed by atoms with Crippen molar-refractivity contribution in [3.63, 3.8) is 0 Å². The van der Waals surface area contributed by atoms with Gasteiger partial charge in [-0.3, -0.25) is 0 Å². The van der Waals surface area contributed by atoms with Gasteiger partial charge in [0.05, 0.1) is 25.6 Å². The van der Waals surface area contributed by atoms with Gasteiger partial charge in [0, 0.05) is 0 Å². The molecule has 0 unspecified atom stereocenters. The molecule has 2 rings (SSSR count). The number of carbonyl (C=O) groups is 1. The maximum absolute atomic E-state index is 11.5. The van der Waals surface area contributed by atoms with Crippen molar-refractivity contribution < 1.29 is 13.9 Å². The summed E-state index contributed by atoms with van der Waals surface area (Å²) in [7, 11) is 1.35. The second kappa shape index (κ2) is 6.35. The Bertz CT molecular complexity index is 563. The van der Waals surface area contributed by atoms with E-state index in [-0.39, 0.29) is 5.97 Å². The number of ether oxygens (including phenoxy) is 1. The normalized spacial score (nSPS) is 9.95. The molecule has 0 saturated carbocycles. The standard InChI is InChI=1S/C12H12N2O3S2/c1-16-11(15)10-9(4-6-19-10)14-12(18)13-7-8-3-2-5-17-8/h2-6H,7H2,1H3,(H2,13,14,18). The summed E-state index contributed by atoms with van der Waals surface area (Å²) in [6.07, 6.45) is 1.60. The summed E-state index contributed by atoms with van der Waals surface area (Å²) in [5, 5.41) is 8.16. The number of furan rings is 1. The lowest BCUT2D eigenvalue weighted by Crippen LogP contribution is -2.28. The molecule has 0 aliphatic rings. The third-order valence-electron chi connectivity index (χ3n) is 2.29. The Balaban J connectivity index is 1.92. The largest absolute Gasteiger partial charge is 0.467 e. The molecule has 0 radical (unpaired) electrons. The van der Waals surface area contributed by atoms with E-state index in [0.717, 1.165) is 5.76 Å². The summed E-state index contributed by atoms with van der Waals surface area (Å²) in [6.45, 7) is 0.483. The maximum Gasteiger partial charge on any atom is 0.350 e. The lowest BCUT2D eigenvalue weighted by Gasteiger charge is -2.09. The van der Waals surface area contributed by atoms with Crippen molar-refractivity contribution in [2.75, 3.05) is 12.4 Å². The molecule has 7 heteroatoms. The van der Waals surface area contributed by atoms with Crippen molar-refractivity contribution in [1.29, 1.82) is 0 Å². The first kappa shape index (κ1) is 13.6. The van der Waals surface area contributed by atoms with Gasteiger partial charge in [-0.05, 0) is 35.8 Å². The van der Waals surface area contributed by atoms with Crippen LogP contribution < -0.4 is 10.6 Å². The zero-order valence-electron chi connectivity index (χ0n) is 10.1. The fraction of sp³-hybridized carbons (Fsp3) is 0.167. The monoisotopic (exact) mass is 296 g/mol. The van der Waals surface area contributed by atoms with Gasteiger partial charge in [0.15, 0.2) is 5.11 Å². The van der Waals surface area contributed by atoms with Gasteiger partial charge in [-0.2, -0.15) is 0 Å². The molecule has 19 heavy (non-hydrogen) atoms. The van der Waals surface area contributed by atoms with Crippen molar-refractivity contribution in [3.05, 3.63) is 40.5 Å². The zero-order valence-corrected chi connectivity index (χ0v) is 11.8. The Morgan fingerprint density at radius 2 is 2.37 bits per heavy atom. The number of rotatable bonds is 4. The van der Waals surface area contributed by atoms with E-state index in [1.807, 2.05) is 12.1 Å². The van der Waals surface area contributed by atoms with E-state index in [2.05, 4.69) is 15.4 Å². The van der Waals surface area contributed by atoms with Crippen LogP contribution in [0.15, 0.2) is 34.3 Å². The van der Waals surface area contributed by atoms with Gasteiger partial charge in [0.25, 0.3) is 0 Å². The van der Waals surface area contributed by atoms with E-state index in [0.29, 0.717) is 22.2 Å². The van der Waals surface area contributed by atoms with Gasteiger partial charge < -0.3 is 19.8 Å². The highest BCUT2D eigenvalue weighted by Crippen LogP contribution is 2.22. The minimum absolute atomic E-state index is 0.383. The van der Waals surface area contributed by atoms with Crippen molar-refractivity contribution in [3.8, 4) is 0 Å². The molecule has 100 valence electrons. The van der Waals surface area contributed by atoms with Crippen molar-refractivity contribution in [2.45, 2.75) is 6.54 Å². The molecule has 0 aromatic carbocycles. The van der Waals surface area contributed by atoms with Gasteiger partial charge in [-0.25, -0.2) is 4.79 Å². The molecule has 0 aliphatic heterocycles. The summed E-state index contributed by atoms with van der Waals surface area (Å²) >= 11 is 6.44. The highest BCUT2D eigenvalue weighted by atomic mass is 32.1. The molecule has 0 atom stereocenters. The minimum atomic E-state index is -0.383. The van der Waals surface area contributed by atoms with Crippen LogP contribution in [0.25, 0.3) is 0 Å². The fourth-order valence-corrected chi connectivity index (χ4v) is 2.35. The van der Waals surface area contributed by atoms with Crippen molar-refractivity contribution >= 4 is 40.3 Å². The first-order valence-electron chi connectivity index (χ1n) is 5.43. The van der Waals surface area contributed by atoms with Crippen LogP contribution in [0.3, 0.4) is 0 Å². The molecule has 2 heterocycles. The number of esters is 1. The van der Waals surface area contributed by atoms with Crippen molar-refractivity contribution in [2.24, 2.45) is 0 Å². The molecule has 5 nitrogen and oxygen atoms in total. The summed E-state index contributed by atoms with van der Waals surface area (Å²) in [6, 6.07) is 5.43. The Kier molecular flexibility index (Phi) is 4.53. The molecule has 0 saturated heterocycles. The van der Waals surface area contributed by atoms with Gasteiger partial charge in [0.2, 0.25) is 0 Å². The van der Waals surface area contributed by atoms with Crippen LogP contribution in [-0.4, -0.2) is 18.2 Å². The average Bonchev–Trinajstić information content (AvgIpc) is 3.06. The Labute approximate surface area is 119 Å². The van der Waals surface area contributed by atoms with E-state index < -0.39 is 0 Å². The second-order valence-electron chi connectivity index (χ2n) is 3.54. The van der Waals surface area contributed by atoms with Crippen LogP contribution in [-0.2, 0) is 11.3 Å². The topological polar surface area (TPSA) is 63.5 Å². The van der Waals surface area contributed by atoms with Crippen LogP contribution in [0.2, 0.25) is 0 Å². The number of thiophene rings is 1. The molecule has 2 aromatic rings. The highest BCUT2D eigenvalue weighted by Gasteiger charge is 2.14. The Hall–Kier alpha value is -1.86. The Morgan fingerprint density at radius 3 is 3.05 bits per heavy atom. The van der Waals surface area contributed by atoms with Crippen molar-refractivity contribution in [1.82, 2.24) is 5.32 Å². The molecule has 2 N–H and O–H groups in total. The minimum Gasteiger partial charge on any atom is -0.467 e. The van der Waals surface area contributed by atoms with Gasteiger partial charge in [0.1, 0.15) is 10.6 Å². The number of hydrogen-bond donors (Lipinski definition) is 2. The molecule has 0 bridgehead atoms. The smallest absolute Gasteiger partial charge is 0.350 e. The van der Waals surface area contributed by atoms with Crippen LogP contribution in [0.5, 0.6) is 0 Å². The summed E-state index contributed by atoms with van der Waals surface area (Å²) in [5.41, 5.74) is 0.633. The zero-order chi connectivity index (χ0) is 13.7. The predicted octanol–water partition coefficient (Wildman–Crippen LogP) is 2.61. The van der Waals surface area contributed by atoms with E-state index in [4.69, 9.17) is 16.6 Å². The van der Waals surface area contributed by atoms with Crippen LogP contribution in [0, 0.1) is 0 Å². The number of thiocarbonyl (C=S) groups is 1. The van der Waals surface area contributed by atoms with E-state index in [9.17, 15) is 4.79 Å². The molecule has 0 amide bonds. The van der Waals surface area contributed by atoms with Gasteiger partial charge >= 0.3 is 5.97 Å². The molecule has 2 aromatic heterocycles. The van der Waals surface area contributed by atoms with Gasteiger partial charge in [-0.1, -0.05) is 0 Å². The summed E-state index contributed by atoms with van der Waals surface area (Å²) < 4.78 is 9.87. The third kappa shape index (κ3) is 3.55. The number of carbonyl (C=O) groups excluding carboxylic acids is 1. The second-order valence-corrected chi connectivity index (χ2v) is 4.87. The molecule has 0 fully saturated rings. The molecule has 0 spiro atoms. The Morgan fingerprint density at radius 1 is 1.53 bits per heavy atom. The third-order valence-corrected chi connectivity index (χ3v) is 3.43. The number of nitrogens with one attached hydrogen (secondary N) is 2. The lowest BCUT2D eigenvalue weighted by atomic mass is 10.4. The fourth-order valence-electron chi connectivity index (χ4n) is 1.41. The molecular weight excluding hydrogens is 284 g/mol. The first-order valence-corrected chi connectivity index (χ1v) is 6.72. The molecule has 0 aliphatic carbocycles. The first-order chi connectivity index (χ1) is 9.20. The summed E-state index contributed by atoms with van der Waals surface area (Å²) in [4.78, 5) is 12.0. The number of hydrogen-bond acceptors (Lipinski definition) is 5. The average molecular weight is 296 g/mol. The molecular formula is C12H12N2O3S2. The highest BCUT2D eigenvalue weighted by molar-refractivity contribution is 7.80. The van der Waals surface area contributed by atoms with Crippen LogP contribution in [0.4, 0.5) is 5.69 Å². The van der Waals surface area contributed by atoms with E-state index in [1.54, 1.807) is 17.7 Å². The summed E-state index contributed by atoms with van der Waals surface area (Å²) in [5.74, 6) is 0.397. The van der Waals surface area contributed by atoms with Crippen LogP contribution >= 0.6 is 23.6 Å². The maximum atomic E-state index is 11.5. The SMILES string of the molecule is COC(=O)c1sccc1NC(=S)NCc1ccco1. The lowest BCUT2D eigenvalue weighted by molar-refractivity contribution is 0.0607. The number of anilines is 1. The van der Waals surface area contributed by atoms with Crippen LogP contribution in [0.1, 0.15) is 15.4 Å². The van der Waals surface area contributed by atoms with Gasteiger partial charge in [-0.15, -0.1) is 11.3 Å². The predicted molar refractivity (Wildman–Crippen MR) is 77.4 cm³/mol. The van der Waals surface area contributed by atoms with E-state index in [1.165, 1.54) is 18.4 Å². The van der Waals surface area contributed by atoms with E-state index >= 15 is 0 Å². The quantitative estimate of drug-likeness (QED) is 0.668.